The monoisotopic (exact) mass is 349 g/mol. The Morgan fingerprint density at radius 3 is 2.45 bits per heavy atom. The summed E-state index contributed by atoms with van der Waals surface area (Å²) in [6.45, 7) is 0.733. The van der Waals surface area contributed by atoms with Gasteiger partial charge in [-0.3, -0.25) is 0 Å². The van der Waals surface area contributed by atoms with Crippen molar-refractivity contribution in [3.8, 4) is 0 Å². The van der Waals surface area contributed by atoms with Crippen molar-refractivity contribution in [2.24, 2.45) is 0 Å². The molecule has 1 aromatic heterocycles. The van der Waals surface area contributed by atoms with E-state index in [4.69, 9.17) is 28.9 Å². The lowest BCUT2D eigenvalue weighted by molar-refractivity contribution is 0.522. The van der Waals surface area contributed by atoms with Gasteiger partial charge in [0, 0.05) is 38.8 Å². The number of halogens is 3. The number of thiazole rings is 1. The normalized spacial score (nSPS) is 15.7. The average molecular weight is 351 g/mol. The van der Waals surface area contributed by atoms with E-state index < -0.39 is 0 Å². The van der Waals surface area contributed by atoms with E-state index in [1.54, 1.807) is 6.20 Å². The molecule has 3 N–H and O–H groups in total. The quantitative estimate of drug-likeness (QED) is 0.867. The molecule has 0 aliphatic heterocycles. The minimum Gasteiger partial charge on any atom is -0.375 e. The van der Waals surface area contributed by atoms with Crippen LogP contribution in [0.4, 0.5) is 5.13 Å². The van der Waals surface area contributed by atoms with Crippen molar-refractivity contribution in [2.45, 2.75) is 24.9 Å². The summed E-state index contributed by atoms with van der Waals surface area (Å²) in [7, 11) is 0. The van der Waals surface area contributed by atoms with E-state index in [0.717, 1.165) is 39.9 Å². The average Bonchev–Trinajstić information content (AvgIpc) is 3.02. The van der Waals surface area contributed by atoms with Crippen LogP contribution >= 0.6 is 46.9 Å². The van der Waals surface area contributed by atoms with Gasteiger partial charge < -0.3 is 11.1 Å². The summed E-state index contributed by atoms with van der Waals surface area (Å²) in [4.78, 5) is 5.17. The Kier molecular flexibility index (Phi) is 4.82. The van der Waals surface area contributed by atoms with Crippen LogP contribution in [0, 0.1) is 0 Å². The highest BCUT2D eigenvalue weighted by Crippen LogP contribution is 2.50. The van der Waals surface area contributed by atoms with E-state index in [-0.39, 0.29) is 17.9 Å². The van der Waals surface area contributed by atoms with Crippen molar-refractivity contribution in [2.75, 3.05) is 5.73 Å². The summed E-state index contributed by atoms with van der Waals surface area (Å²) >= 11 is 14.1. The predicted molar refractivity (Wildman–Crippen MR) is 88.0 cm³/mol. The molecule has 7 heteroatoms. The first kappa shape index (κ1) is 15.9. The summed E-state index contributed by atoms with van der Waals surface area (Å²) in [6, 6.07) is 5.64. The lowest BCUT2D eigenvalue weighted by atomic mass is 10.0. The maximum absolute atomic E-state index is 6.29. The summed E-state index contributed by atoms with van der Waals surface area (Å²) < 4.78 is 0. The minimum absolute atomic E-state index is 0. The molecular weight excluding hydrogens is 337 g/mol. The number of nitrogen functional groups attached to an aromatic ring is 1. The van der Waals surface area contributed by atoms with Crippen molar-refractivity contribution in [1.29, 1.82) is 0 Å². The van der Waals surface area contributed by atoms with E-state index in [9.17, 15) is 0 Å². The van der Waals surface area contributed by atoms with Crippen LogP contribution in [0.1, 0.15) is 23.3 Å². The molecule has 108 valence electrons. The highest BCUT2D eigenvalue weighted by atomic mass is 35.5. The third-order valence-corrected chi connectivity index (χ3v) is 4.82. The van der Waals surface area contributed by atoms with Crippen molar-refractivity contribution >= 4 is 52.1 Å². The number of anilines is 1. The van der Waals surface area contributed by atoms with Crippen LogP contribution in [0.15, 0.2) is 24.4 Å². The zero-order valence-electron chi connectivity index (χ0n) is 10.5. The van der Waals surface area contributed by atoms with Crippen LogP contribution in [-0.4, -0.2) is 4.98 Å². The number of hydrogen-bond donors (Lipinski definition) is 2. The molecule has 0 spiro atoms. The molecule has 3 rings (SSSR count). The van der Waals surface area contributed by atoms with Crippen LogP contribution in [0.2, 0.25) is 10.0 Å². The van der Waals surface area contributed by atoms with Gasteiger partial charge in [0.15, 0.2) is 5.13 Å². The molecule has 1 aliphatic rings. The molecule has 1 saturated carbocycles. The summed E-state index contributed by atoms with van der Waals surface area (Å²) in [5.74, 6) is 0. The number of nitrogens with zero attached hydrogens (tertiary/aromatic N) is 1. The lowest BCUT2D eigenvalue weighted by Gasteiger charge is -2.20. The maximum atomic E-state index is 6.29. The van der Waals surface area contributed by atoms with Crippen LogP contribution < -0.4 is 11.1 Å². The van der Waals surface area contributed by atoms with E-state index in [2.05, 4.69) is 10.3 Å². The third kappa shape index (κ3) is 3.05. The lowest BCUT2D eigenvalue weighted by Crippen LogP contribution is -2.28. The van der Waals surface area contributed by atoms with Crippen molar-refractivity contribution < 1.29 is 0 Å². The first-order valence-electron chi connectivity index (χ1n) is 6.00. The van der Waals surface area contributed by atoms with Gasteiger partial charge in [-0.1, -0.05) is 29.3 Å². The molecule has 0 radical (unpaired) electrons. The molecular formula is C13H14Cl3N3S. The Labute approximate surface area is 137 Å². The van der Waals surface area contributed by atoms with Crippen LogP contribution in [0.5, 0.6) is 0 Å². The second-order valence-corrected chi connectivity index (χ2v) is 6.66. The second-order valence-electron chi connectivity index (χ2n) is 4.70. The van der Waals surface area contributed by atoms with Gasteiger partial charge in [-0.05, 0) is 25.0 Å². The van der Waals surface area contributed by atoms with Crippen molar-refractivity contribution in [3.63, 3.8) is 0 Å². The molecule has 1 aliphatic carbocycles. The first-order valence-corrected chi connectivity index (χ1v) is 7.58. The fraction of sp³-hybridized carbons (Fsp3) is 0.308. The zero-order valence-corrected chi connectivity index (χ0v) is 13.7. The molecule has 2 aromatic rings. The van der Waals surface area contributed by atoms with Gasteiger partial charge in [0.05, 0.1) is 0 Å². The molecule has 3 nitrogen and oxygen atoms in total. The van der Waals surface area contributed by atoms with Gasteiger partial charge in [-0.2, -0.15) is 0 Å². The third-order valence-electron chi connectivity index (χ3n) is 3.36. The number of nitrogens with two attached hydrogens (primary N) is 1. The van der Waals surface area contributed by atoms with Crippen molar-refractivity contribution in [3.05, 3.63) is 44.9 Å². The Hall–Kier alpha value is -0.520. The van der Waals surface area contributed by atoms with Gasteiger partial charge in [0.2, 0.25) is 0 Å². The fourth-order valence-corrected chi connectivity index (χ4v) is 3.64. The minimum atomic E-state index is -0.0891. The molecule has 0 bridgehead atoms. The predicted octanol–water partition coefficient (Wildman–Crippen LogP) is 4.23. The molecule has 0 amide bonds. The smallest absolute Gasteiger partial charge is 0.180 e. The van der Waals surface area contributed by atoms with Gasteiger partial charge in [0.25, 0.3) is 0 Å². The summed E-state index contributed by atoms with van der Waals surface area (Å²) in [6.07, 6.45) is 3.90. The van der Waals surface area contributed by atoms with E-state index in [0.29, 0.717) is 5.13 Å². The first-order chi connectivity index (χ1) is 9.11. The largest absolute Gasteiger partial charge is 0.375 e. The fourth-order valence-electron chi connectivity index (χ4n) is 2.26. The van der Waals surface area contributed by atoms with E-state index in [1.165, 1.54) is 11.3 Å². The number of nitrogens with one attached hydrogen (secondary N) is 1. The number of benzene rings is 1. The Balaban J connectivity index is 0.00000147. The van der Waals surface area contributed by atoms with E-state index >= 15 is 0 Å². The standard InChI is InChI=1S/C13H13Cl2N3S.ClH/c14-9-2-1-3-10(15)11(9)13(4-5-13)18-7-8-6-17-12(16)19-8;/h1-3,6,18H,4-5,7H2,(H2,16,17);1H. The second kappa shape index (κ2) is 6.08. The molecule has 0 saturated heterocycles. The molecule has 1 fully saturated rings. The van der Waals surface area contributed by atoms with E-state index in [1.807, 2.05) is 18.2 Å². The topological polar surface area (TPSA) is 50.9 Å². The molecule has 0 unspecified atom stereocenters. The Bertz CT molecular complexity index is 590. The molecule has 1 heterocycles. The zero-order chi connectivity index (χ0) is 13.5. The van der Waals surface area contributed by atoms with Gasteiger partial charge in [0.1, 0.15) is 0 Å². The Morgan fingerprint density at radius 1 is 1.30 bits per heavy atom. The van der Waals surface area contributed by atoms with Gasteiger partial charge >= 0.3 is 0 Å². The van der Waals surface area contributed by atoms with Crippen LogP contribution in [0.3, 0.4) is 0 Å². The highest BCUT2D eigenvalue weighted by molar-refractivity contribution is 7.15. The SMILES string of the molecule is Cl.Nc1ncc(CNC2(c3c(Cl)cccc3Cl)CC2)s1. The summed E-state index contributed by atoms with van der Waals surface area (Å²) in [5, 5.41) is 5.59. The molecule has 0 atom stereocenters. The molecule has 1 aromatic carbocycles. The maximum Gasteiger partial charge on any atom is 0.180 e. The van der Waals surface area contributed by atoms with Gasteiger partial charge in [-0.25, -0.2) is 4.98 Å². The van der Waals surface area contributed by atoms with Gasteiger partial charge in [-0.15, -0.1) is 23.7 Å². The summed E-state index contributed by atoms with van der Waals surface area (Å²) in [5.41, 5.74) is 6.55. The number of aromatic nitrogens is 1. The number of hydrogen-bond acceptors (Lipinski definition) is 4. The van der Waals surface area contributed by atoms with Crippen LogP contribution in [-0.2, 0) is 12.1 Å². The highest BCUT2D eigenvalue weighted by Gasteiger charge is 2.46. The Morgan fingerprint density at radius 2 is 1.95 bits per heavy atom. The van der Waals surface area contributed by atoms with Crippen LogP contribution in [0.25, 0.3) is 0 Å². The molecule has 20 heavy (non-hydrogen) atoms. The van der Waals surface area contributed by atoms with Crippen molar-refractivity contribution in [1.82, 2.24) is 10.3 Å². The number of rotatable bonds is 4.